The smallest absolute Gasteiger partial charge is 0.343 e. The zero-order valence-corrected chi connectivity index (χ0v) is 20.5. The summed E-state index contributed by atoms with van der Waals surface area (Å²) < 4.78 is 27.4. The molecule has 37 heavy (non-hydrogen) atoms. The molecular weight excluding hydrogens is 493 g/mol. The number of nitrogens with two attached hydrogens (primary N) is 1. The number of hydrogen-bond acceptors (Lipinski definition) is 8. The Morgan fingerprint density at radius 1 is 1.16 bits per heavy atom. The Kier molecular flexibility index (Phi) is 5.17. The molecule has 0 bridgehead atoms. The largest absolute Gasteiger partial charge is 0.440 e. The number of hydrogen-bond donors (Lipinski definition) is 1. The summed E-state index contributed by atoms with van der Waals surface area (Å²) in [6, 6.07) is 15.4. The highest BCUT2D eigenvalue weighted by Crippen LogP contribution is 2.44. The number of thiazole rings is 1. The lowest BCUT2D eigenvalue weighted by Gasteiger charge is -2.24. The molecule has 1 unspecified atom stereocenters. The summed E-state index contributed by atoms with van der Waals surface area (Å²) in [5.74, 6) is -0.881. The average molecular weight is 512 g/mol. The molecule has 2 aromatic carbocycles. The zero-order chi connectivity index (χ0) is 25.8. The zero-order valence-electron chi connectivity index (χ0n) is 19.7. The minimum absolute atomic E-state index is 0.0477. The first kappa shape index (κ1) is 22.7. The molecule has 5 aromatic rings. The average Bonchev–Trinajstić information content (AvgIpc) is 3.47. The van der Waals surface area contributed by atoms with E-state index in [1.807, 2.05) is 25.1 Å². The third kappa shape index (κ3) is 3.77. The Morgan fingerprint density at radius 2 is 1.95 bits per heavy atom. The van der Waals surface area contributed by atoms with Crippen LogP contribution < -0.4 is 16.1 Å². The molecular formula is C27H18FN5O3S. The highest BCUT2D eigenvalue weighted by atomic mass is 32.1. The monoisotopic (exact) mass is 511 g/mol. The summed E-state index contributed by atoms with van der Waals surface area (Å²) in [4.78, 5) is 17.8. The van der Waals surface area contributed by atoms with Crippen molar-refractivity contribution in [1.29, 1.82) is 5.26 Å². The van der Waals surface area contributed by atoms with Crippen molar-refractivity contribution in [2.75, 3.05) is 0 Å². The van der Waals surface area contributed by atoms with Crippen molar-refractivity contribution in [3.8, 4) is 28.2 Å². The lowest BCUT2D eigenvalue weighted by atomic mass is 9.83. The van der Waals surface area contributed by atoms with Crippen molar-refractivity contribution in [2.45, 2.75) is 19.8 Å². The van der Waals surface area contributed by atoms with Gasteiger partial charge in [-0.15, -0.1) is 0 Å². The van der Waals surface area contributed by atoms with Gasteiger partial charge in [-0.05, 0) is 55.8 Å². The van der Waals surface area contributed by atoms with Gasteiger partial charge in [-0.1, -0.05) is 17.4 Å². The van der Waals surface area contributed by atoms with Crippen LogP contribution in [0.4, 0.5) is 4.39 Å². The quantitative estimate of drug-likeness (QED) is 0.359. The van der Waals surface area contributed by atoms with Crippen LogP contribution in [0.3, 0.4) is 0 Å². The van der Waals surface area contributed by atoms with Gasteiger partial charge in [0.05, 0.1) is 27.4 Å². The van der Waals surface area contributed by atoms with Crippen molar-refractivity contribution in [3.63, 3.8) is 0 Å². The SMILES string of the molecule is Cc1ccc2nc(-n3cc(C4C(C#N)=C(N)Oc5cc(C)oc(=O)c54)c(-c4ccc(F)cc4)n3)sc2c1. The summed E-state index contributed by atoms with van der Waals surface area (Å²) >= 11 is 1.45. The predicted molar refractivity (Wildman–Crippen MR) is 136 cm³/mol. The lowest BCUT2D eigenvalue weighted by Crippen LogP contribution is -2.26. The number of halogens is 1. The van der Waals surface area contributed by atoms with Crippen molar-refractivity contribution in [3.05, 3.63) is 105 Å². The van der Waals surface area contributed by atoms with Gasteiger partial charge >= 0.3 is 5.63 Å². The molecule has 0 aliphatic carbocycles. The molecule has 182 valence electrons. The van der Waals surface area contributed by atoms with E-state index in [2.05, 4.69) is 6.07 Å². The van der Waals surface area contributed by atoms with Crippen LogP contribution in [-0.2, 0) is 0 Å². The highest BCUT2D eigenvalue weighted by Gasteiger charge is 2.37. The van der Waals surface area contributed by atoms with Crippen LogP contribution in [0, 0.1) is 31.0 Å². The summed E-state index contributed by atoms with van der Waals surface area (Å²) in [5, 5.41) is 15.4. The van der Waals surface area contributed by atoms with E-state index in [1.165, 1.54) is 23.5 Å². The molecule has 0 amide bonds. The van der Waals surface area contributed by atoms with Gasteiger partial charge in [0.25, 0.3) is 0 Å². The fraction of sp³-hybridized carbons (Fsp3) is 0.111. The summed E-state index contributed by atoms with van der Waals surface area (Å²) in [5.41, 5.74) is 9.14. The van der Waals surface area contributed by atoms with Crippen LogP contribution in [0.25, 0.3) is 26.6 Å². The fourth-order valence-corrected chi connectivity index (χ4v) is 5.47. The molecule has 1 aliphatic rings. The van der Waals surface area contributed by atoms with E-state index >= 15 is 0 Å². The van der Waals surface area contributed by atoms with Crippen molar-refractivity contribution >= 4 is 21.6 Å². The van der Waals surface area contributed by atoms with Gasteiger partial charge in [0.2, 0.25) is 11.0 Å². The molecule has 0 spiro atoms. The number of allylic oxidation sites excluding steroid dienone is 1. The molecule has 1 atom stereocenters. The first-order chi connectivity index (χ1) is 17.8. The number of nitriles is 1. The Labute approximate surface area is 213 Å². The minimum Gasteiger partial charge on any atom is -0.440 e. The number of rotatable bonds is 3. The van der Waals surface area contributed by atoms with Gasteiger partial charge in [-0.25, -0.2) is 18.9 Å². The predicted octanol–water partition coefficient (Wildman–Crippen LogP) is 5.08. The summed E-state index contributed by atoms with van der Waals surface area (Å²) in [6.07, 6.45) is 1.72. The van der Waals surface area contributed by atoms with Crippen molar-refractivity contribution < 1.29 is 13.5 Å². The maximum Gasteiger partial charge on any atom is 0.343 e. The van der Waals surface area contributed by atoms with Gasteiger partial charge < -0.3 is 14.9 Å². The molecule has 0 saturated carbocycles. The third-order valence-electron chi connectivity index (χ3n) is 6.16. The van der Waals surface area contributed by atoms with Gasteiger partial charge in [0.1, 0.15) is 29.0 Å². The first-order valence-corrected chi connectivity index (χ1v) is 12.1. The fourth-order valence-electron chi connectivity index (χ4n) is 4.48. The third-order valence-corrected chi connectivity index (χ3v) is 7.16. The number of aromatic nitrogens is 3. The molecule has 1 aliphatic heterocycles. The van der Waals surface area contributed by atoms with Crippen LogP contribution in [0.15, 0.2) is 75.4 Å². The molecule has 4 heterocycles. The number of aryl methyl sites for hydroxylation is 2. The Bertz CT molecular complexity index is 1840. The topological polar surface area (TPSA) is 120 Å². The van der Waals surface area contributed by atoms with E-state index in [4.69, 9.17) is 25.0 Å². The van der Waals surface area contributed by atoms with Crippen molar-refractivity contribution in [1.82, 2.24) is 14.8 Å². The van der Waals surface area contributed by atoms with E-state index < -0.39 is 17.4 Å². The minimum atomic E-state index is -0.920. The van der Waals surface area contributed by atoms with Crippen LogP contribution in [0.2, 0.25) is 0 Å². The highest BCUT2D eigenvalue weighted by molar-refractivity contribution is 7.20. The Morgan fingerprint density at radius 3 is 2.70 bits per heavy atom. The van der Waals surface area contributed by atoms with E-state index in [9.17, 15) is 14.4 Å². The second-order valence-corrected chi connectivity index (χ2v) is 9.71. The summed E-state index contributed by atoms with van der Waals surface area (Å²) in [7, 11) is 0. The maximum atomic E-state index is 13.8. The van der Waals surface area contributed by atoms with Crippen LogP contribution in [-0.4, -0.2) is 14.8 Å². The Balaban J connectivity index is 1.63. The van der Waals surface area contributed by atoms with E-state index in [0.29, 0.717) is 27.7 Å². The van der Waals surface area contributed by atoms with E-state index in [-0.39, 0.29) is 22.8 Å². The first-order valence-electron chi connectivity index (χ1n) is 11.3. The molecule has 0 radical (unpaired) electrons. The summed E-state index contributed by atoms with van der Waals surface area (Å²) in [6.45, 7) is 3.63. The van der Waals surface area contributed by atoms with E-state index in [1.54, 1.807) is 36.0 Å². The van der Waals surface area contributed by atoms with Gasteiger partial charge in [-0.3, -0.25) is 0 Å². The maximum absolute atomic E-state index is 13.8. The lowest BCUT2D eigenvalue weighted by molar-refractivity contribution is 0.371. The molecule has 8 nitrogen and oxygen atoms in total. The molecule has 0 saturated heterocycles. The van der Waals surface area contributed by atoms with Crippen LogP contribution in [0.5, 0.6) is 5.75 Å². The number of fused-ring (bicyclic) bond motifs is 2. The van der Waals surface area contributed by atoms with Gasteiger partial charge in [-0.2, -0.15) is 10.4 Å². The standard InChI is InChI=1S/C27H18FN5O3S/c1-13-3-8-19-21(9-13)37-27(31-19)33-12-18(24(32-33)15-4-6-16(28)7-5-15)22-17(11-29)25(30)36-20-10-14(2)35-26(34)23(20)22/h3-10,12,22H,30H2,1-2H3. The number of benzene rings is 2. The van der Waals surface area contributed by atoms with E-state index in [0.717, 1.165) is 15.8 Å². The van der Waals surface area contributed by atoms with Gasteiger partial charge in [0.15, 0.2) is 0 Å². The van der Waals surface area contributed by atoms with Crippen molar-refractivity contribution in [2.24, 2.45) is 5.73 Å². The molecule has 3 aromatic heterocycles. The molecule has 6 rings (SSSR count). The second kappa shape index (κ2) is 8.43. The van der Waals surface area contributed by atoms with Crippen LogP contribution in [0.1, 0.15) is 28.4 Å². The normalized spacial score (nSPS) is 14.9. The molecule has 10 heteroatoms. The molecule has 0 fully saturated rings. The number of ether oxygens (including phenoxy) is 1. The van der Waals surface area contributed by atoms with Crippen LogP contribution >= 0.6 is 11.3 Å². The number of nitrogens with zero attached hydrogens (tertiary/aromatic N) is 4. The molecule has 2 N–H and O–H groups in total. The Hall–Kier alpha value is -4.75. The second-order valence-electron chi connectivity index (χ2n) is 8.70. The van der Waals surface area contributed by atoms with Gasteiger partial charge in [0, 0.05) is 23.4 Å².